The monoisotopic (exact) mass is 385 g/mol. The number of halogens is 2. The molecule has 0 radical (unpaired) electrons. The van der Waals surface area contributed by atoms with Crippen molar-refractivity contribution in [3.05, 3.63) is 0 Å². The summed E-state index contributed by atoms with van der Waals surface area (Å²) in [5, 5.41) is 48.2. The van der Waals surface area contributed by atoms with Gasteiger partial charge < -0.3 is 36.0 Å². The van der Waals surface area contributed by atoms with Crippen LogP contribution in [0.5, 0.6) is 0 Å². The number of carbonyl (C=O) groups is 1. The largest absolute Gasteiger partial charge is 0.394 e. The fourth-order valence-electron chi connectivity index (χ4n) is 2.90. The number of aliphatic hydroxyl groups is 5. The molecule has 1 heterocycles. The van der Waals surface area contributed by atoms with E-state index in [0.29, 0.717) is 25.7 Å². The first-order valence-corrected chi connectivity index (χ1v) is 8.67. The molecular weight excluding hydrogens is 356 g/mol. The van der Waals surface area contributed by atoms with Crippen molar-refractivity contribution < 1.29 is 43.8 Å². The van der Waals surface area contributed by atoms with Crippen molar-refractivity contribution in [3.63, 3.8) is 0 Å². The minimum absolute atomic E-state index is 0.0108. The Morgan fingerprint density at radius 2 is 1.77 bits per heavy atom. The number of ketones is 1. The zero-order valence-corrected chi connectivity index (χ0v) is 14.7. The van der Waals surface area contributed by atoms with E-state index in [0.717, 1.165) is 0 Å². The Labute approximate surface area is 150 Å². The van der Waals surface area contributed by atoms with Crippen molar-refractivity contribution in [3.8, 4) is 0 Å². The lowest BCUT2D eigenvalue weighted by molar-refractivity contribution is -0.412. The number of nitrogens with two attached hydrogens (primary N) is 1. The summed E-state index contributed by atoms with van der Waals surface area (Å²) in [7, 11) is 0. The molecule has 0 aromatic carbocycles. The molecule has 0 amide bonds. The highest BCUT2D eigenvalue weighted by Gasteiger charge is 2.65. The summed E-state index contributed by atoms with van der Waals surface area (Å²) in [6.07, 6.45) is -6.86. The number of alkyl halides is 2. The molecule has 0 saturated carbocycles. The number of carbonyl (C=O) groups excluding carboxylic acids is 1. The van der Waals surface area contributed by atoms with Gasteiger partial charge in [-0.3, -0.25) is 4.79 Å². The van der Waals surface area contributed by atoms with Gasteiger partial charge in [0.1, 0.15) is 30.2 Å². The van der Waals surface area contributed by atoms with Gasteiger partial charge >= 0.3 is 5.92 Å². The van der Waals surface area contributed by atoms with Gasteiger partial charge in [0.15, 0.2) is 0 Å². The fourth-order valence-corrected chi connectivity index (χ4v) is 2.90. The average molecular weight is 385 g/mol. The lowest BCUT2D eigenvalue weighted by atomic mass is 9.87. The predicted octanol–water partition coefficient (Wildman–Crippen LogP) is -0.959. The van der Waals surface area contributed by atoms with Crippen LogP contribution in [0.25, 0.3) is 0 Å². The van der Waals surface area contributed by atoms with E-state index in [2.05, 4.69) is 4.74 Å². The third kappa shape index (κ3) is 5.16. The maximum atomic E-state index is 14.4. The molecule has 26 heavy (non-hydrogen) atoms. The second-order valence-electron chi connectivity index (χ2n) is 6.84. The van der Waals surface area contributed by atoms with Crippen LogP contribution in [0.4, 0.5) is 8.78 Å². The van der Waals surface area contributed by atoms with Gasteiger partial charge in [-0.15, -0.1) is 0 Å². The Kier molecular flexibility index (Phi) is 8.46. The third-order valence-electron chi connectivity index (χ3n) is 4.77. The molecule has 10 heteroatoms. The molecular formula is C16H29F2NO7. The number of aliphatic hydroxyl groups excluding tert-OH is 4. The SMILES string of the molecule is CC(=O)[C@@H](N)CCCCCCC(F)(F)[C@]1(O)O[C@H](CO)[C@H](O)[C@H](O)[C@H]1O. The van der Waals surface area contributed by atoms with Gasteiger partial charge in [-0.1, -0.05) is 19.3 Å². The molecule has 0 aromatic rings. The zero-order valence-electron chi connectivity index (χ0n) is 14.7. The van der Waals surface area contributed by atoms with Crippen LogP contribution >= 0.6 is 0 Å². The number of Topliss-reactive ketones (excluding diaryl/α,β-unsaturated/α-hetero) is 1. The predicted molar refractivity (Wildman–Crippen MR) is 86.2 cm³/mol. The van der Waals surface area contributed by atoms with Crippen molar-refractivity contribution in [2.75, 3.05) is 6.61 Å². The number of hydrogen-bond donors (Lipinski definition) is 6. The number of hydrogen-bond acceptors (Lipinski definition) is 8. The molecule has 8 nitrogen and oxygen atoms in total. The van der Waals surface area contributed by atoms with Crippen molar-refractivity contribution in [2.45, 2.75) is 87.6 Å². The lowest BCUT2D eigenvalue weighted by Gasteiger charge is -2.48. The van der Waals surface area contributed by atoms with Crippen molar-refractivity contribution >= 4 is 5.78 Å². The van der Waals surface area contributed by atoms with E-state index in [1.807, 2.05) is 0 Å². The number of ether oxygens (including phenoxy) is 1. The van der Waals surface area contributed by atoms with E-state index in [1.54, 1.807) is 0 Å². The van der Waals surface area contributed by atoms with Crippen molar-refractivity contribution in [1.82, 2.24) is 0 Å². The summed E-state index contributed by atoms with van der Waals surface area (Å²) in [4.78, 5) is 11.0. The smallest absolute Gasteiger partial charge is 0.303 e. The molecule has 1 saturated heterocycles. The number of rotatable bonds is 10. The summed E-state index contributed by atoms with van der Waals surface area (Å²) in [5.74, 6) is -7.48. The van der Waals surface area contributed by atoms with Gasteiger partial charge in [0.25, 0.3) is 5.79 Å². The first-order chi connectivity index (χ1) is 12.0. The van der Waals surface area contributed by atoms with E-state index in [9.17, 15) is 34.0 Å². The van der Waals surface area contributed by atoms with Crippen LogP contribution in [0.15, 0.2) is 0 Å². The standard InChI is InChI=1S/C16H29F2NO7/c1-9(21)10(19)6-4-2-3-5-7-15(17,18)16(25)14(24)13(23)12(22)11(8-20)26-16/h10-14,20,22-25H,2-8,19H2,1H3/t10-,11+,12-,13-,14+,16+/m0/s1. The normalized spacial score (nSPS) is 33.9. The Bertz CT molecular complexity index is 466. The molecule has 1 aliphatic heterocycles. The maximum Gasteiger partial charge on any atom is 0.303 e. The molecule has 1 rings (SSSR count). The van der Waals surface area contributed by atoms with Gasteiger partial charge in [0.2, 0.25) is 0 Å². The van der Waals surface area contributed by atoms with E-state index in [1.165, 1.54) is 6.92 Å². The van der Waals surface area contributed by atoms with Crippen LogP contribution in [0, 0.1) is 0 Å². The maximum absolute atomic E-state index is 14.4. The van der Waals surface area contributed by atoms with E-state index in [-0.39, 0.29) is 12.2 Å². The van der Waals surface area contributed by atoms with E-state index < -0.39 is 55.2 Å². The van der Waals surface area contributed by atoms with E-state index >= 15 is 0 Å². The summed E-state index contributed by atoms with van der Waals surface area (Å²) < 4.78 is 33.5. The third-order valence-corrected chi connectivity index (χ3v) is 4.77. The quantitative estimate of drug-likeness (QED) is 0.263. The first kappa shape index (κ1) is 23.3. The van der Waals surface area contributed by atoms with Gasteiger partial charge in [-0.25, -0.2) is 8.78 Å². The molecule has 154 valence electrons. The van der Waals surface area contributed by atoms with Crippen LogP contribution in [0.2, 0.25) is 0 Å². The van der Waals surface area contributed by atoms with Crippen LogP contribution in [0.1, 0.15) is 45.4 Å². The molecule has 0 aliphatic carbocycles. The van der Waals surface area contributed by atoms with Crippen LogP contribution in [-0.2, 0) is 9.53 Å². The van der Waals surface area contributed by atoms with Crippen LogP contribution < -0.4 is 5.73 Å². The molecule has 1 fully saturated rings. The molecule has 0 spiro atoms. The Morgan fingerprint density at radius 1 is 1.19 bits per heavy atom. The molecule has 0 unspecified atom stereocenters. The van der Waals surface area contributed by atoms with Gasteiger partial charge in [-0.05, 0) is 19.8 Å². The summed E-state index contributed by atoms with van der Waals surface area (Å²) >= 11 is 0. The van der Waals surface area contributed by atoms with E-state index in [4.69, 9.17) is 10.8 Å². The molecule has 0 bridgehead atoms. The minimum atomic E-state index is -3.92. The van der Waals surface area contributed by atoms with Crippen LogP contribution in [0.3, 0.4) is 0 Å². The molecule has 7 N–H and O–H groups in total. The Balaban J connectivity index is 2.56. The lowest BCUT2D eigenvalue weighted by Crippen LogP contribution is -2.71. The zero-order chi connectivity index (χ0) is 20.1. The van der Waals surface area contributed by atoms with Crippen LogP contribution in [-0.4, -0.2) is 80.1 Å². The summed E-state index contributed by atoms with van der Waals surface area (Å²) in [6, 6.07) is -0.564. The summed E-state index contributed by atoms with van der Waals surface area (Å²) in [6.45, 7) is 0.464. The highest BCUT2D eigenvalue weighted by atomic mass is 19.3. The minimum Gasteiger partial charge on any atom is -0.394 e. The van der Waals surface area contributed by atoms with Gasteiger partial charge in [0, 0.05) is 6.42 Å². The Hall–Kier alpha value is -0.750. The molecule has 0 aromatic heterocycles. The fraction of sp³-hybridized carbons (Fsp3) is 0.938. The highest BCUT2D eigenvalue weighted by molar-refractivity contribution is 5.80. The van der Waals surface area contributed by atoms with Gasteiger partial charge in [-0.2, -0.15) is 0 Å². The molecule has 1 aliphatic rings. The van der Waals surface area contributed by atoms with Gasteiger partial charge in [0.05, 0.1) is 12.6 Å². The second-order valence-corrected chi connectivity index (χ2v) is 6.84. The molecule has 6 atom stereocenters. The second kappa shape index (κ2) is 9.45. The topological polar surface area (TPSA) is 153 Å². The average Bonchev–Trinajstić information content (AvgIpc) is 2.58. The summed E-state index contributed by atoms with van der Waals surface area (Å²) in [5.41, 5.74) is 5.57. The Morgan fingerprint density at radius 3 is 2.31 bits per heavy atom. The highest BCUT2D eigenvalue weighted by Crippen LogP contribution is 2.42. The van der Waals surface area contributed by atoms with Crippen molar-refractivity contribution in [1.29, 1.82) is 0 Å². The van der Waals surface area contributed by atoms with Crippen molar-refractivity contribution in [2.24, 2.45) is 5.73 Å². The number of unbranched alkanes of at least 4 members (excludes halogenated alkanes) is 3. The first-order valence-electron chi connectivity index (χ1n) is 8.67.